The maximum absolute atomic E-state index is 14.1. The Labute approximate surface area is 126 Å². The number of aromatic hydroxyl groups is 1. The maximum Gasteiger partial charge on any atom is 0.255 e. The summed E-state index contributed by atoms with van der Waals surface area (Å²) in [4.78, 5) is 16.1. The number of carbonyl (C=O) groups excluding carboxylic acids is 1. The number of carbonyl (C=O) groups is 1. The number of phenols is 1. The van der Waals surface area contributed by atoms with Crippen LogP contribution in [0.2, 0.25) is 0 Å². The summed E-state index contributed by atoms with van der Waals surface area (Å²) in [7, 11) is 0. The molecule has 7 heteroatoms. The second kappa shape index (κ2) is 5.42. The van der Waals surface area contributed by atoms with Gasteiger partial charge in [-0.2, -0.15) is 0 Å². The number of amides is 1. The third kappa shape index (κ3) is 2.80. The number of hydrogen-bond donors (Lipinski definition) is 3. The van der Waals surface area contributed by atoms with Crippen LogP contribution in [0, 0.1) is 0 Å². The zero-order valence-electron chi connectivity index (χ0n) is 11.9. The van der Waals surface area contributed by atoms with Crippen molar-refractivity contribution in [3.63, 3.8) is 0 Å². The van der Waals surface area contributed by atoms with Gasteiger partial charge in [0.05, 0.1) is 18.4 Å². The van der Waals surface area contributed by atoms with E-state index in [1.165, 1.54) is 12.1 Å². The molecule has 1 amide bonds. The van der Waals surface area contributed by atoms with E-state index < -0.39 is 11.6 Å². The Kier molecular flexibility index (Phi) is 3.58. The van der Waals surface area contributed by atoms with Crippen LogP contribution in [0.5, 0.6) is 5.75 Å². The van der Waals surface area contributed by atoms with Crippen LogP contribution in [-0.2, 0) is 0 Å². The number of nitrogens with two attached hydrogens (primary N) is 1. The SMILES string of the molecule is NC1CC(F)(CNC(=O)c2cc(-n3ccnc3)ccc2O)C1. The van der Waals surface area contributed by atoms with Gasteiger partial charge in [0.15, 0.2) is 0 Å². The number of aromatic nitrogens is 2. The highest BCUT2D eigenvalue weighted by molar-refractivity contribution is 5.97. The average Bonchev–Trinajstić information content (AvgIpc) is 2.98. The van der Waals surface area contributed by atoms with Crippen LogP contribution in [0.1, 0.15) is 23.2 Å². The van der Waals surface area contributed by atoms with E-state index in [2.05, 4.69) is 10.3 Å². The molecule has 22 heavy (non-hydrogen) atoms. The first kappa shape index (κ1) is 14.5. The third-order valence-electron chi connectivity index (χ3n) is 3.85. The fourth-order valence-corrected chi connectivity index (χ4v) is 2.64. The first-order valence-corrected chi connectivity index (χ1v) is 7.01. The van der Waals surface area contributed by atoms with Crippen LogP contribution in [0.3, 0.4) is 0 Å². The minimum Gasteiger partial charge on any atom is -0.507 e. The zero-order valence-corrected chi connectivity index (χ0v) is 11.9. The monoisotopic (exact) mass is 304 g/mol. The molecule has 4 N–H and O–H groups in total. The molecular formula is C15H17FN4O2. The molecular weight excluding hydrogens is 287 g/mol. The van der Waals surface area contributed by atoms with Crippen molar-refractivity contribution in [1.82, 2.24) is 14.9 Å². The van der Waals surface area contributed by atoms with Crippen molar-refractivity contribution in [3.8, 4) is 11.4 Å². The van der Waals surface area contributed by atoms with Gasteiger partial charge in [-0.05, 0) is 31.0 Å². The largest absolute Gasteiger partial charge is 0.507 e. The molecule has 0 bridgehead atoms. The molecule has 0 spiro atoms. The van der Waals surface area contributed by atoms with E-state index >= 15 is 0 Å². The zero-order chi connectivity index (χ0) is 15.7. The summed E-state index contributed by atoms with van der Waals surface area (Å²) in [5.41, 5.74) is 4.91. The van der Waals surface area contributed by atoms with E-state index in [1.807, 2.05) is 0 Å². The van der Waals surface area contributed by atoms with E-state index in [1.54, 1.807) is 29.4 Å². The summed E-state index contributed by atoms with van der Waals surface area (Å²) in [6.07, 6.45) is 5.41. The summed E-state index contributed by atoms with van der Waals surface area (Å²) < 4.78 is 15.8. The van der Waals surface area contributed by atoms with Crippen molar-refractivity contribution in [2.24, 2.45) is 5.73 Å². The van der Waals surface area contributed by atoms with Crippen LogP contribution >= 0.6 is 0 Å². The lowest BCUT2D eigenvalue weighted by Gasteiger charge is -2.39. The summed E-state index contributed by atoms with van der Waals surface area (Å²) >= 11 is 0. The van der Waals surface area contributed by atoms with Gasteiger partial charge in [-0.1, -0.05) is 0 Å². The van der Waals surface area contributed by atoms with E-state index in [9.17, 15) is 14.3 Å². The molecule has 0 unspecified atom stereocenters. The Balaban J connectivity index is 1.73. The summed E-state index contributed by atoms with van der Waals surface area (Å²) in [6, 6.07) is 4.48. The molecule has 1 aliphatic carbocycles. The number of benzene rings is 1. The van der Waals surface area contributed by atoms with Crippen LogP contribution in [-0.4, -0.2) is 38.8 Å². The van der Waals surface area contributed by atoms with Gasteiger partial charge >= 0.3 is 0 Å². The molecule has 1 heterocycles. The predicted molar refractivity (Wildman–Crippen MR) is 78.6 cm³/mol. The number of nitrogens with one attached hydrogen (secondary N) is 1. The van der Waals surface area contributed by atoms with Crippen molar-refractivity contribution in [2.75, 3.05) is 6.54 Å². The lowest BCUT2D eigenvalue weighted by molar-refractivity contribution is 0.0417. The first-order valence-electron chi connectivity index (χ1n) is 7.01. The Bertz CT molecular complexity index is 681. The van der Waals surface area contributed by atoms with Crippen molar-refractivity contribution in [1.29, 1.82) is 0 Å². The van der Waals surface area contributed by atoms with Crippen molar-refractivity contribution in [2.45, 2.75) is 24.6 Å². The molecule has 1 fully saturated rings. The molecule has 0 saturated heterocycles. The number of imidazole rings is 1. The number of alkyl halides is 1. The first-order chi connectivity index (χ1) is 10.5. The van der Waals surface area contributed by atoms with Crippen LogP contribution in [0.25, 0.3) is 5.69 Å². The van der Waals surface area contributed by atoms with Gasteiger partial charge in [0.1, 0.15) is 11.4 Å². The van der Waals surface area contributed by atoms with E-state index in [0.29, 0.717) is 5.69 Å². The quantitative estimate of drug-likeness (QED) is 0.789. The Morgan fingerprint density at radius 1 is 1.55 bits per heavy atom. The maximum atomic E-state index is 14.1. The van der Waals surface area contributed by atoms with E-state index in [4.69, 9.17) is 5.73 Å². The lowest BCUT2D eigenvalue weighted by Crippen LogP contribution is -2.54. The Morgan fingerprint density at radius 3 is 2.95 bits per heavy atom. The van der Waals surface area contributed by atoms with Gasteiger partial charge in [-0.25, -0.2) is 9.37 Å². The fourth-order valence-electron chi connectivity index (χ4n) is 2.64. The van der Waals surface area contributed by atoms with Crippen LogP contribution < -0.4 is 11.1 Å². The second-order valence-electron chi connectivity index (χ2n) is 5.67. The molecule has 0 aliphatic heterocycles. The standard InChI is InChI=1S/C15H17FN4O2/c16-15(6-10(17)7-15)8-19-14(22)12-5-11(1-2-13(12)21)20-4-3-18-9-20/h1-5,9-10,21H,6-8,17H2,(H,19,22). The minimum atomic E-state index is -1.44. The molecule has 1 saturated carbocycles. The summed E-state index contributed by atoms with van der Waals surface area (Å²) in [5, 5.41) is 12.4. The van der Waals surface area contributed by atoms with Gasteiger partial charge in [0, 0.05) is 24.1 Å². The molecule has 0 radical (unpaired) electrons. The Morgan fingerprint density at radius 2 is 2.32 bits per heavy atom. The van der Waals surface area contributed by atoms with Crippen LogP contribution in [0.4, 0.5) is 4.39 Å². The Hall–Kier alpha value is -2.41. The molecule has 1 aromatic heterocycles. The fraction of sp³-hybridized carbons (Fsp3) is 0.333. The van der Waals surface area contributed by atoms with Gasteiger partial charge < -0.3 is 20.7 Å². The smallest absolute Gasteiger partial charge is 0.255 e. The van der Waals surface area contributed by atoms with Gasteiger partial charge in [0.2, 0.25) is 0 Å². The van der Waals surface area contributed by atoms with Crippen molar-refractivity contribution < 1.29 is 14.3 Å². The van der Waals surface area contributed by atoms with Gasteiger partial charge in [-0.3, -0.25) is 4.79 Å². The number of nitrogens with zero attached hydrogens (tertiary/aromatic N) is 2. The molecule has 2 aromatic rings. The summed E-state index contributed by atoms with van der Waals surface area (Å²) in [6.45, 7) is -0.103. The predicted octanol–water partition coefficient (Wildman–Crippen LogP) is 1.14. The number of hydrogen-bond acceptors (Lipinski definition) is 4. The molecule has 1 aliphatic rings. The lowest BCUT2D eigenvalue weighted by atomic mass is 9.78. The highest BCUT2D eigenvalue weighted by atomic mass is 19.1. The van der Waals surface area contributed by atoms with Crippen LogP contribution in [0.15, 0.2) is 36.9 Å². The van der Waals surface area contributed by atoms with Crippen molar-refractivity contribution in [3.05, 3.63) is 42.5 Å². The molecule has 1 aromatic carbocycles. The van der Waals surface area contributed by atoms with Crippen molar-refractivity contribution >= 4 is 5.91 Å². The highest BCUT2D eigenvalue weighted by Crippen LogP contribution is 2.34. The topological polar surface area (TPSA) is 93.2 Å². The number of rotatable bonds is 4. The molecule has 6 nitrogen and oxygen atoms in total. The normalized spacial score (nSPS) is 23.8. The van der Waals surface area contributed by atoms with E-state index in [0.717, 1.165) is 0 Å². The average molecular weight is 304 g/mol. The molecule has 3 rings (SSSR count). The number of phenolic OH excluding ortho intramolecular Hbond substituents is 1. The van der Waals surface area contributed by atoms with Gasteiger partial charge in [0.25, 0.3) is 5.91 Å². The second-order valence-corrected chi connectivity index (χ2v) is 5.67. The van der Waals surface area contributed by atoms with E-state index in [-0.39, 0.29) is 36.7 Å². The molecule has 0 atom stereocenters. The highest BCUT2D eigenvalue weighted by Gasteiger charge is 2.43. The minimum absolute atomic E-state index is 0.0958. The summed E-state index contributed by atoms with van der Waals surface area (Å²) in [5.74, 6) is -0.670. The molecule has 116 valence electrons. The third-order valence-corrected chi connectivity index (χ3v) is 3.85. The van der Waals surface area contributed by atoms with Gasteiger partial charge in [-0.15, -0.1) is 0 Å². The number of halogens is 1.